The monoisotopic (exact) mass is 275 g/mol. The Hall–Kier alpha value is -1.41. The first kappa shape index (κ1) is 15.0. The molecule has 1 atom stereocenters. The third-order valence-corrected chi connectivity index (χ3v) is 3.74. The predicted octanol–water partition coefficient (Wildman–Crippen LogP) is 1.27. The van der Waals surface area contributed by atoms with Crippen molar-refractivity contribution in [1.29, 1.82) is 0 Å². The van der Waals surface area contributed by atoms with Gasteiger partial charge in [-0.25, -0.2) is 4.39 Å². The minimum absolute atomic E-state index is 0.249. The lowest BCUT2D eigenvalue weighted by atomic mass is 10.1. The van der Waals surface area contributed by atoms with E-state index < -0.39 is 0 Å². The van der Waals surface area contributed by atoms with E-state index in [1.54, 1.807) is 0 Å². The molecule has 4 heteroatoms. The zero-order valence-corrected chi connectivity index (χ0v) is 12.2. The van der Waals surface area contributed by atoms with Gasteiger partial charge >= 0.3 is 0 Å². The van der Waals surface area contributed by atoms with Crippen LogP contribution in [-0.4, -0.2) is 49.1 Å². The highest BCUT2D eigenvalue weighted by Crippen LogP contribution is 2.17. The number of nitrogens with two attached hydrogens (primary N) is 1. The van der Waals surface area contributed by atoms with Crippen LogP contribution in [0.2, 0.25) is 0 Å². The summed E-state index contributed by atoms with van der Waals surface area (Å²) < 4.78 is 13.4. The Kier molecular flexibility index (Phi) is 5.13. The maximum Gasteiger partial charge on any atom is 0.124 e. The van der Waals surface area contributed by atoms with E-state index in [2.05, 4.69) is 35.6 Å². The van der Waals surface area contributed by atoms with Crippen molar-refractivity contribution in [2.45, 2.75) is 19.5 Å². The van der Waals surface area contributed by atoms with E-state index in [1.807, 2.05) is 6.07 Å². The standard InChI is InChI=1S/C16H22FN3/c1-13-11-19(2)8-9-20(13)12-15-5-6-16(17)10-14(15)4-3-7-18/h5-6,10,13H,7-9,11-12,18H2,1-2H3. The molecule has 108 valence electrons. The highest BCUT2D eigenvalue weighted by atomic mass is 19.1. The Labute approximate surface area is 120 Å². The lowest BCUT2D eigenvalue weighted by Gasteiger charge is -2.38. The van der Waals surface area contributed by atoms with Gasteiger partial charge in [0.1, 0.15) is 5.82 Å². The van der Waals surface area contributed by atoms with Gasteiger partial charge in [-0.1, -0.05) is 17.9 Å². The third kappa shape index (κ3) is 3.80. The van der Waals surface area contributed by atoms with Gasteiger partial charge < -0.3 is 10.6 Å². The number of hydrogen-bond acceptors (Lipinski definition) is 3. The normalized spacial score (nSPS) is 20.5. The van der Waals surface area contributed by atoms with Crippen molar-refractivity contribution < 1.29 is 4.39 Å². The van der Waals surface area contributed by atoms with Crippen molar-refractivity contribution in [3.05, 3.63) is 35.1 Å². The summed E-state index contributed by atoms with van der Waals surface area (Å²) in [6.45, 7) is 6.48. The fourth-order valence-corrected chi connectivity index (χ4v) is 2.58. The van der Waals surface area contributed by atoms with Gasteiger partial charge in [0, 0.05) is 37.8 Å². The molecule has 1 fully saturated rings. The molecule has 0 aromatic heterocycles. The fourth-order valence-electron chi connectivity index (χ4n) is 2.58. The molecular formula is C16H22FN3. The summed E-state index contributed by atoms with van der Waals surface area (Å²) in [5.74, 6) is 5.54. The Bertz CT molecular complexity index is 518. The van der Waals surface area contributed by atoms with E-state index in [1.165, 1.54) is 12.1 Å². The summed E-state index contributed by atoms with van der Waals surface area (Å²) in [6, 6.07) is 5.33. The second-order valence-electron chi connectivity index (χ2n) is 5.39. The molecule has 0 spiro atoms. The molecule has 20 heavy (non-hydrogen) atoms. The average molecular weight is 275 g/mol. The van der Waals surface area contributed by atoms with Gasteiger partial charge in [0.2, 0.25) is 0 Å². The van der Waals surface area contributed by atoms with Gasteiger partial charge in [-0.2, -0.15) is 0 Å². The van der Waals surface area contributed by atoms with Crippen molar-refractivity contribution >= 4 is 0 Å². The quantitative estimate of drug-likeness (QED) is 0.825. The van der Waals surface area contributed by atoms with Crippen LogP contribution in [0.5, 0.6) is 0 Å². The molecule has 0 saturated carbocycles. The van der Waals surface area contributed by atoms with Crippen LogP contribution in [0.3, 0.4) is 0 Å². The number of benzene rings is 1. The zero-order chi connectivity index (χ0) is 14.5. The molecule has 1 aromatic carbocycles. The Morgan fingerprint density at radius 1 is 1.40 bits per heavy atom. The van der Waals surface area contributed by atoms with Crippen molar-refractivity contribution in [2.75, 3.05) is 33.2 Å². The molecule has 0 radical (unpaired) electrons. The number of halogens is 1. The van der Waals surface area contributed by atoms with Crippen LogP contribution in [0.1, 0.15) is 18.1 Å². The third-order valence-electron chi connectivity index (χ3n) is 3.74. The smallest absolute Gasteiger partial charge is 0.124 e. The molecule has 1 aliphatic heterocycles. The van der Waals surface area contributed by atoms with E-state index >= 15 is 0 Å². The number of likely N-dealkylation sites (N-methyl/N-ethyl adjacent to an activating group) is 1. The highest BCUT2D eigenvalue weighted by molar-refractivity contribution is 5.42. The zero-order valence-electron chi connectivity index (χ0n) is 12.2. The molecule has 0 bridgehead atoms. The van der Waals surface area contributed by atoms with Gasteiger partial charge in [0.05, 0.1) is 6.54 Å². The molecule has 1 aromatic rings. The van der Waals surface area contributed by atoms with E-state index in [-0.39, 0.29) is 5.82 Å². The maximum atomic E-state index is 13.4. The summed E-state index contributed by atoms with van der Waals surface area (Å²) in [6.07, 6.45) is 0. The number of piperazine rings is 1. The molecule has 1 unspecified atom stereocenters. The second kappa shape index (κ2) is 6.85. The van der Waals surface area contributed by atoms with E-state index in [9.17, 15) is 4.39 Å². The predicted molar refractivity (Wildman–Crippen MR) is 79.7 cm³/mol. The van der Waals surface area contributed by atoms with Gasteiger partial charge in [-0.15, -0.1) is 0 Å². The Morgan fingerprint density at radius 3 is 2.90 bits per heavy atom. The summed E-state index contributed by atoms with van der Waals surface area (Å²) in [4.78, 5) is 4.75. The van der Waals surface area contributed by atoms with Gasteiger partial charge in [0.25, 0.3) is 0 Å². The minimum Gasteiger partial charge on any atom is -0.320 e. The van der Waals surface area contributed by atoms with Crippen LogP contribution in [0, 0.1) is 17.7 Å². The summed E-state index contributed by atoms with van der Waals surface area (Å²) >= 11 is 0. The number of nitrogens with zero attached hydrogens (tertiary/aromatic N) is 2. The van der Waals surface area contributed by atoms with Crippen molar-refractivity contribution in [1.82, 2.24) is 9.80 Å². The van der Waals surface area contributed by atoms with Gasteiger partial charge in [-0.3, -0.25) is 4.90 Å². The molecule has 1 heterocycles. The lowest BCUT2D eigenvalue weighted by Crippen LogP contribution is -2.49. The second-order valence-corrected chi connectivity index (χ2v) is 5.39. The van der Waals surface area contributed by atoms with Gasteiger partial charge in [0.15, 0.2) is 0 Å². The van der Waals surface area contributed by atoms with Crippen molar-refractivity contribution in [3.8, 4) is 11.8 Å². The van der Waals surface area contributed by atoms with E-state index in [0.717, 1.165) is 37.3 Å². The van der Waals surface area contributed by atoms with Crippen LogP contribution in [0.15, 0.2) is 18.2 Å². The molecule has 1 saturated heterocycles. The molecule has 2 rings (SSSR count). The van der Waals surface area contributed by atoms with Crippen LogP contribution in [0.4, 0.5) is 4.39 Å². The molecule has 3 nitrogen and oxygen atoms in total. The van der Waals surface area contributed by atoms with Crippen LogP contribution in [0.25, 0.3) is 0 Å². The van der Waals surface area contributed by atoms with Crippen LogP contribution < -0.4 is 5.73 Å². The molecular weight excluding hydrogens is 253 g/mol. The van der Waals surface area contributed by atoms with Crippen molar-refractivity contribution in [3.63, 3.8) is 0 Å². The lowest BCUT2D eigenvalue weighted by molar-refractivity contribution is 0.0937. The fraction of sp³-hybridized carbons (Fsp3) is 0.500. The van der Waals surface area contributed by atoms with Crippen molar-refractivity contribution in [2.24, 2.45) is 5.73 Å². The summed E-state index contributed by atoms with van der Waals surface area (Å²) in [7, 11) is 2.14. The first-order valence-corrected chi connectivity index (χ1v) is 7.00. The largest absolute Gasteiger partial charge is 0.320 e. The molecule has 0 amide bonds. The summed E-state index contributed by atoms with van der Waals surface area (Å²) in [5.41, 5.74) is 7.23. The first-order valence-electron chi connectivity index (χ1n) is 7.00. The maximum absolute atomic E-state index is 13.4. The number of hydrogen-bond donors (Lipinski definition) is 1. The molecule has 2 N–H and O–H groups in total. The Morgan fingerprint density at radius 2 is 2.20 bits per heavy atom. The van der Waals surface area contributed by atoms with Gasteiger partial charge in [-0.05, 0) is 31.7 Å². The molecule has 0 aliphatic carbocycles. The highest BCUT2D eigenvalue weighted by Gasteiger charge is 2.21. The topological polar surface area (TPSA) is 32.5 Å². The Balaban J connectivity index is 2.16. The minimum atomic E-state index is -0.249. The van der Waals surface area contributed by atoms with Crippen LogP contribution >= 0.6 is 0 Å². The van der Waals surface area contributed by atoms with Crippen LogP contribution in [-0.2, 0) is 6.54 Å². The SMILES string of the molecule is CC1CN(C)CCN1Cc1ccc(F)cc1C#CCN. The average Bonchev–Trinajstić information content (AvgIpc) is 2.41. The van der Waals surface area contributed by atoms with E-state index in [4.69, 9.17) is 5.73 Å². The van der Waals surface area contributed by atoms with E-state index in [0.29, 0.717) is 12.6 Å². The molecule has 1 aliphatic rings. The summed E-state index contributed by atoms with van der Waals surface area (Å²) in [5, 5.41) is 0. The first-order chi connectivity index (χ1) is 9.60. The number of rotatable bonds is 2.